The molecule has 0 aromatic carbocycles. The van der Waals surface area contributed by atoms with E-state index in [0.29, 0.717) is 25.5 Å². The minimum absolute atomic E-state index is 0.221. The summed E-state index contributed by atoms with van der Waals surface area (Å²) in [5.74, 6) is 1.37. The van der Waals surface area contributed by atoms with Crippen LogP contribution in [0.25, 0.3) is 5.82 Å². The van der Waals surface area contributed by atoms with Crippen molar-refractivity contribution in [3.63, 3.8) is 0 Å². The van der Waals surface area contributed by atoms with Gasteiger partial charge >= 0.3 is 0 Å². The van der Waals surface area contributed by atoms with Gasteiger partial charge in [-0.15, -0.1) is 10.2 Å². The number of hydrogen-bond acceptors (Lipinski definition) is 5. The zero-order chi connectivity index (χ0) is 16.2. The van der Waals surface area contributed by atoms with Crippen molar-refractivity contribution in [2.24, 2.45) is 5.92 Å². The Morgan fingerprint density at radius 3 is 2.78 bits per heavy atom. The number of methoxy groups -OCH3 is 1. The lowest BCUT2D eigenvalue weighted by atomic mass is 9.97. The first-order valence-electron chi connectivity index (χ1n) is 7.75. The predicted molar refractivity (Wildman–Crippen MR) is 84.2 cm³/mol. The molecule has 0 spiro atoms. The monoisotopic (exact) mass is 315 g/mol. The van der Waals surface area contributed by atoms with Crippen LogP contribution in [0.4, 0.5) is 0 Å². The highest BCUT2D eigenvalue weighted by atomic mass is 16.5. The molecule has 0 aliphatic carbocycles. The third-order valence-electron chi connectivity index (χ3n) is 4.23. The van der Waals surface area contributed by atoms with Gasteiger partial charge in [0.1, 0.15) is 18.5 Å². The van der Waals surface area contributed by atoms with Crippen molar-refractivity contribution >= 4 is 5.91 Å². The summed E-state index contributed by atoms with van der Waals surface area (Å²) in [5, 5.41) is 7.59. The summed E-state index contributed by atoms with van der Waals surface area (Å²) in [4.78, 5) is 18.5. The van der Waals surface area contributed by atoms with E-state index in [1.807, 2.05) is 17.9 Å². The second-order valence-corrected chi connectivity index (χ2v) is 5.89. The molecule has 0 unspecified atom stereocenters. The van der Waals surface area contributed by atoms with E-state index >= 15 is 0 Å². The van der Waals surface area contributed by atoms with E-state index in [1.54, 1.807) is 24.3 Å². The van der Waals surface area contributed by atoms with Gasteiger partial charge in [0, 0.05) is 32.3 Å². The summed E-state index contributed by atoms with van der Waals surface area (Å²) in [6.45, 7) is 4.07. The summed E-state index contributed by atoms with van der Waals surface area (Å²) in [6.07, 6.45) is 4.74. The fraction of sp³-hybridized carbons (Fsp3) is 0.500. The fourth-order valence-electron chi connectivity index (χ4n) is 2.97. The molecule has 0 N–H and O–H groups in total. The molecule has 1 amide bonds. The lowest BCUT2D eigenvalue weighted by Gasteiger charge is -2.16. The van der Waals surface area contributed by atoms with Crippen LogP contribution in [0.2, 0.25) is 0 Å². The molecule has 7 nitrogen and oxygen atoms in total. The van der Waals surface area contributed by atoms with Gasteiger partial charge in [-0.05, 0) is 30.9 Å². The van der Waals surface area contributed by atoms with Crippen molar-refractivity contribution in [3.05, 3.63) is 36.0 Å². The highest BCUT2D eigenvalue weighted by molar-refractivity contribution is 5.78. The van der Waals surface area contributed by atoms with Gasteiger partial charge in [0.25, 0.3) is 0 Å². The maximum atomic E-state index is 12.0. The van der Waals surface area contributed by atoms with Gasteiger partial charge in [0.05, 0.1) is 6.61 Å². The van der Waals surface area contributed by atoms with Crippen LogP contribution in [0.15, 0.2) is 24.8 Å². The Labute approximate surface area is 135 Å². The van der Waals surface area contributed by atoms with E-state index in [9.17, 15) is 4.79 Å². The van der Waals surface area contributed by atoms with E-state index in [-0.39, 0.29) is 5.91 Å². The summed E-state index contributed by atoms with van der Waals surface area (Å²) < 4.78 is 6.84. The molecular weight excluding hydrogens is 294 g/mol. The van der Waals surface area contributed by atoms with Gasteiger partial charge in [-0.2, -0.15) is 0 Å². The summed E-state index contributed by atoms with van der Waals surface area (Å²) in [7, 11) is 1.66. The average molecular weight is 315 g/mol. The molecule has 1 fully saturated rings. The Hall–Kier alpha value is -2.28. The molecule has 0 saturated carbocycles. The Bertz CT molecular complexity index is 671. The highest BCUT2D eigenvalue weighted by Gasteiger charge is 2.29. The van der Waals surface area contributed by atoms with E-state index in [2.05, 4.69) is 21.2 Å². The number of carbonyl (C=O) groups excluding carboxylic acids is 1. The van der Waals surface area contributed by atoms with Gasteiger partial charge in [-0.3, -0.25) is 9.36 Å². The van der Waals surface area contributed by atoms with Crippen molar-refractivity contribution in [3.8, 4) is 5.82 Å². The number of hydrogen-bond donors (Lipinski definition) is 0. The SMILES string of the molecule is COCCN1C[C@@H](Cc2ccc(-n3cnnc3)nc2C)CC1=O. The second-order valence-electron chi connectivity index (χ2n) is 5.89. The predicted octanol–water partition coefficient (Wildman–Crippen LogP) is 1.01. The maximum absolute atomic E-state index is 12.0. The number of aryl methyl sites for hydroxylation is 1. The summed E-state index contributed by atoms with van der Waals surface area (Å²) in [6, 6.07) is 4.05. The third-order valence-corrected chi connectivity index (χ3v) is 4.23. The van der Waals surface area contributed by atoms with Crippen LogP contribution >= 0.6 is 0 Å². The van der Waals surface area contributed by atoms with Crippen molar-refractivity contribution in [2.45, 2.75) is 19.8 Å². The number of pyridine rings is 1. The van der Waals surface area contributed by atoms with Crippen LogP contribution in [0, 0.1) is 12.8 Å². The third kappa shape index (κ3) is 3.56. The topological polar surface area (TPSA) is 73.1 Å². The Morgan fingerprint density at radius 2 is 2.09 bits per heavy atom. The van der Waals surface area contributed by atoms with Crippen molar-refractivity contribution in [2.75, 3.05) is 26.8 Å². The lowest BCUT2D eigenvalue weighted by molar-refractivity contribution is -0.128. The molecule has 2 aromatic rings. The number of carbonyl (C=O) groups is 1. The molecule has 1 atom stereocenters. The minimum Gasteiger partial charge on any atom is -0.383 e. The Kier molecular flexibility index (Phi) is 4.66. The fourth-order valence-corrected chi connectivity index (χ4v) is 2.97. The molecule has 1 saturated heterocycles. The Balaban J connectivity index is 1.66. The van der Waals surface area contributed by atoms with Crippen LogP contribution < -0.4 is 0 Å². The van der Waals surface area contributed by atoms with Gasteiger partial charge in [-0.25, -0.2) is 4.98 Å². The molecule has 1 aliphatic heterocycles. The minimum atomic E-state index is 0.221. The first-order valence-corrected chi connectivity index (χ1v) is 7.75. The summed E-state index contributed by atoms with van der Waals surface area (Å²) in [5.41, 5.74) is 2.17. The number of nitrogens with zero attached hydrogens (tertiary/aromatic N) is 5. The highest BCUT2D eigenvalue weighted by Crippen LogP contribution is 2.23. The van der Waals surface area contributed by atoms with Gasteiger partial charge in [0.2, 0.25) is 5.91 Å². The smallest absolute Gasteiger partial charge is 0.223 e. The van der Waals surface area contributed by atoms with Crippen LogP contribution in [0.5, 0.6) is 0 Å². The van der Waals surface area contributed by atoms with E-state index in [4.69, 9.17) is 4.74 Å². The molecule has 0 bridgehead atoms. The molecule has 23 heavy (non-hydrogen) atoms. The zero-order valence-electron chi connectivity index (χ0n) is 13.5. The number of aromatic nitrogens is 4. The normalized spacial score (nSPS) is 17.9. The van der Waals surface area contributed by atoms with Crippen molar-refractivity contribution in [1.29, 1.82) is 0 Å². The first-order chi connectivity index (χ1) is 11.2. The van der Waals surface area contributed by atoms with E-state index in [0.717, 1.165) is 24.5 Å². The molecular formula is C16H21N5O2. The quantitative estimate of drug-likeness (QED) is 0.795. The number of amides is 1. The largest absolute Gasteiger partial charge is 0.383 e. The van der Waals surface area contributed by atoms with Crippen molar-refractivity contribution < 1.29 is 9.53 Å². The standard InChI is InChI=1S/C16H21N5O2/c1-12-14(3-4-15(19-12)21-10-17-18-11-21)7-13-8-16(22)20(9-13)5-6-23-2/h3-4,10-11,13H,5-9H2,1-2H3/t13-/m0/s1. The molecule has 122 valence electrons. The van der Waals surface area contributed by atoms with E-state index in [1.165, 1.54) is 5.56 Å². The second kappa shape index (κ2) is 6.87. The van der Waals surface area contributed by atoms with Gasteiger partial charge < -0.3 is 9.64 Å². The molecule has 3 rings (SSSR count). The molecule has 0 radical (unpaired) electrons. The molecule has 3 heterocycles. The lowest BCUT2D eigenvalue weighted by Crippen LogP contribution is -2.29. The van der Waals surface area contributed by atoms with Crippen molar-refractivity contribution in [1.82, 2.24) is 24.6 Å². The van der Waals surface area contributed by atoms with Crippen LogP contribution in [-0.4, -0.2) is 57.4 Å². The maximum Gasteiger partial charge on any atom is 0.223 e. The zero-order valence-corrected chi connectivity index (χ0v) is 13.5. The van der Waals surface area contributed by atoms with E-state index < -0.39 is 0 Å². The number of ether oxygens (including phenoxy) is 1. The van der Waals surface area contributed by atoms with Gasteiger partial charge in [-0.1, -0.05) is 6.07 Å². The molecule has 1 aliphatic rings. The number of rotatable bonds is 6. The summed E-state index contributed by atoms with van der Waals surface area (Å²) >= 11 is 0. The Morgan fingerprint density at radius 1 is 1.30 bits per heavy atom. The average Bonchev–Trinajstić information content (AvgIpc) is 3.17. The van der Waals surface area contributed by atoms with Gasteiger partial charge in [0.15, 0.2) is 0 Å². The molecule has 2 aromatic heterocycles. The van der Waals surface area contributed by atoms with Crippen LogP contribution in [0.1, 0.15) is 17.7 Å². The number of likely N-dealkylation sites (tertiary alicyclic amines) is 1. The first kappa shape index (κ1) is 15.6. The van der Waals surface area contributed by atoms with Crippen LogP contribution in [-0.2, 0) is 16.0 Å². The van der Waals surface area contributed by atoms with Crippen LogP contribution in [0.3, 0.4) is 0 Å². The molecule has 7 heteroatoms.